The molecule has 1 unspecified atom stereocenters. The van der Waals surface area contributed by atoms with E-state index in [-0.39, 0.29) is 18.2 Å². The van der Waals surface area contributed by atoms with Crippen molar-refractivity contribution < 1.29 is 23.8 Å². The Hall–Kier alpha value is -4.33. The van der Waals surface area contributed by atoms with E-state index in [4.69, 9.17) is 14.2 Å². The normalized spacial score (nSPS) is 12.3. The van der Waals surface area contributed by atoms with Gasteiger partial charge in [-0.1, -0.05) is 54.6 Å². The van der Waals surface area contributed by atoms with Crippen molar-refractivity contribution in [2.75, 3.05) is 21.2 Å². The van der Waals surface area contributed by atoms with Gasteiger partial charge in [-0.3, -0.25) is 4.79 Å². The molecule has 3 rings (SSSR count). The first-order chi connectivity index (χ1) is 19.1. The number of aliphatic imine (C=N–C) groups is 1. The number of ketones is 1. The van der Waals surface area contributed by atoms with Crippen LogP contribution in [-0.2, 0) is 29.0 Å². The quantitative estimate of drug-likeness (QED) is 0.268. The highest BCUT2D eigenvalue weighted by Gasteiger charge is 2.27. The number of Topliss-reactive ketones (excluding diaryl/α,β-unsaturated/α-hetero) is 1. The van der Waals surface area contributed by atoms with E-state index < -0.39 is 17.7 Å². The largest absolute Gasteiger partial charge is 0.497 e. The maximum absolute atomic E-state index is 13.7. The average molecular weight is 546 g/mol. The van der Waals surface area contributed by atoms with Gasteiger partial charge in [-0.2, -0.15) is 0 Å². The zero-order chi connectivity index (χ0) is 29.1. The fourth-order valence-corrected chi connectivity index (χ4v) is 4.05. The van der Waals surface area contributed by atoms with Crippen molar-refractivity contribution >= 4 is 17.8 Å². The van der Waals surface area contributed by atoms with E-state index in [1.54, 1.807) is 46.9 Å². The van der Waals surface area contributed by atoms with Crippen LogP contribution in [0, 0.1) is 0 Å². The number of benzene rings is 3. The summed E-state index contributed by atoms with van der Waals surface area (Å²) in [6.07, 6.45) is -0.120. The minimum atomic E-state index is -0.732. The fraction of sp³-hybridized carbons (Fsp3) is 0.344. The Kier molecular flexibility index (Phi) is 10.7. The molecular formula is C32H39N3O5. The third-order valence-corrected chi connectivity index (χ3v) is 6.13. The number of hydrogen-bond acceptors (Lipinski definition) is 5. The van der Waals surface area contributed by atoms with Crippen LogP contribution in [0.25, 0.3) is 0 Å². The van der Waals surface area contributed by atoms with E-state index in [1.165, 1.54) is 0 Å². The van der Waals surface area contributed by atoms with Gasteiger partial charge in [0.15, 0.2) is 5.78 Å². The Bertz CT molecular complexity index is 1270. The van der Waals surface area contributed by atoms with Gasteiger partial charge in [-0.15, -0.1) is 4.99 Å². The Morgan fingerprint density at radius 1 is 0.875 bits per heavy atom. The van der Waals surface area contributed by atoms with Crippen LogP contribution in [0.15, 0.2) is 83.9 Å². The van der Waals surface area contributed by atoms with Crippen molar-refractivity contribution in [2.45, 2.75) is 51.9 Å². The number of amides is 1. The molecule has 0 fully saturated rings. The van der Waals surface area contributed by atoms with Gasteiger partial charge in [-0.25, -0.2) is 4.79 Å². The fourth-order valence-electron chi connectivity index (χ4n) is 4.05. The molecule has 1 amide bonds. The predicted molar refractivity (Wildman–Crippen MR) is 157 cm³/mol. The first-order valence-electron chi connectivity index (χ1n) is 13.2. The number of hydrogen-bond donors (Lipinski definition) is 1. The molecule has 0 heterocycles. The highest BCUT2D eigenvalue weighted by atomic mass is 16.6. The lowest BCUT2D eigenvalue weighted by atomic mass is 9.96. The van der Waals surface area contributed by atoms with E-state index in [0.717, 1.165) is 28.2 Å². The van der Waals surface area contributed by atoms with Gasteiger partial charge in [0.2, 0.25) is 5.96 Å². The van der Waals surface area contributed by atoms with Crippen LogP contribution >= 0.6 is 0 Å². The number of likely N-dealkylation sites (N-methyl/N-ethyl adjacent to an activating group) is 1. The number of guanidine groups is 1. The molecule has 8 nitrogen and oxygen atoms in total. The zero-order valence-corrected chi connectivity index (χ0v) is 24.1. The number of methoxy groups -OCH3 is 1. The number of ether oxygens (including phenoxy) is 3. The highest BCUT2D eigenvalue weighted by molar-refractivity contribution is 5.95. The second-order valence-corrected chi connectivity index (χ2v) is 10.4. The van der Waals surface area contributed by atoms with Gasteiger partial charge >= 0.3 is 6.09 Å². The van der Waals surface area contributed by atoms with E-state index >= 15 is 0 Å². The summed E-state index contributed by atoms with van der Waals surface area (Å²) in [6.45, 7) is 5.80. The highest BCUT2D eigenvalue weighted by Crippen LogP contribution is 2.19. The van der Waals surface area contributed by atoms with E-state index in [1.807, 2.05) is 78.9 Å². The molecule has 0 aliphatic heterocycles. The molecule has 40 heavy (non-hydrogen) atoms. The van der Waals surface area contributed by atoms with Crippen LogP contribution < -0.4 is 14.8 Å². The number of nitrogens with one attached hydrogen (secondary N) is 1. The third-order valence-electron chi connectivity index (χ3n) is 6.13. The van der Waals surface area contributed by atoms with Crippen molar-refractivity contribution in [1.82, 2.24) is 10.2 Å². The third kappa shape index (κ3) is 9.45. The summed E-state index contributed by atoms with van der Waals surface area (Å²) in [7, 11) is 5.00. The Labute approximate surface area is 237 Å². The van der Waals surface area contributed by atoms with Gasteiger partial charge in [0.05, 0.1) is 13.2 Å². The standard InChI is InChI=1S/C32H39N3O5/c1-32(2,3)40-31(37)34-30(33-4)35(5)28(29(36)21-24-12-16-26(38-6)17-13-24)20-23-14-18-27(19-15-23)39-22-25-10-8-7-9-11-25/h7-19,28H,20-22H2,1-6H3,(H,33,34,37). The maximum Gasteiger partial charge on any atom is 0.437 e. The second-order valence-electron chi connectivity index (χ2n) is 10.4. The first-order valence-corrected chi connectivity index (χ1v) is 13.2. The second kappa shape index (κ2) is 14.2. The molecule has 1 N–H and O–H groups in total. The molecule has 3 aromatic carbocycles. The molecule has 8 heteroatoms. The number of nitrogens with zero attached hydrogens (tertiary/aromatic N) is 2. The van der Waals surface area contributed by atoms with Gasteiger partial charge in [0.1, 0.15) is 23.7 Å². The lowest BCUT2D eigenvalue weighted by Crippen LogP contribution is -2.49. The smallest absolute Gasteiger partial charge is 0.437 e. The van der Waals surface area contributed by atoms with Gasteiger partial charge < -0.3 is 24.4 Å². The van der Waals surface area contributed by atoms with E-state index in [2.05, 4.69) is 10.3 Å². The van der Waals surface area contributed by atoms with Crippen LogP contribution in [0.3, 0.4) is 0 Å². The van der Waals surface area contributed by atoms with Crippen molar-refractivity contribution in [2.24, 2.45) is 4.99 Å². The molecule has 0 aliphatic rings. The van der Waals surface area contributed by atoms with Crippen LogP contribution in [0.2, 0.25) is 0 Å². The SMILES string of the molecule is CN/C(=N/C(=O)OC(C)(C)C)N(C)C(Cc1ccc(OCc2ccccc2)cc1)C(=O)Cc1ccc(OC)cc1. The minimum Gasteiger partial charge on any atom is -0.497 e. The van der Waals surface area contributed by atoms with Crippen molar-refractivity contribution in [3.63, 3.8) is 0 Å². The zero-order valence-electron chi connectivity index (χ0n) is 24.1. The maximum atomic E-state index is 13.7. The summed E-state index contributed by atoms with van der Waals surface area (Å²) in [5.74, 6) is 1.68. The molecule has 0 saturated heterocycles. The predicted octanol–water partition coefficient (Wildman–Crippen LogP) is 5.44. The van der Waals surface area contributed by atoms with Crippen LogP contribution in [0.4, 0.5) is 4.79 Å². The summed E-state index contributed by atoms with van der Waals surface area (Å²) in [5.41, 5.74) is 2.20. The van der Waals surface area contributed by atoms with Crippen LogP contribution in [0.5, 0.6) is 11.5 Å². The van der Waals surface area contributed by atoms with Gasteiger partial charge in [0, 0.05) is 20.5 Å². The molecule has 0 aromatic heterocycles. The van der Waals surface area contributed by atoms with Gasteiger partial charge in [0.25, 0.3) is 0 Å². The molecule has 3 aromatic rings. The summed E-state index contributed by atoms with van der Waals surface area (Å²) in [5, 5.41) is 2.95. The van der Waals surface area contributed by atoms with E-state index in [9.17, 15) is 9.59 Å². The Morgan fingerprint density at radius 2 is 1.48 bits per heavy atom. The molecule has 0 spiro atoms. The Balaban J connectivity index is 1.80. The van der Waals surface area contributed by atoms with Crippen LogP contribution in [0.1, 0.15) is 37.5 Å². The minimum absolute atomic E-state index is 0.0239. The average Bonchev–Trinajstić information content (AvgIpc) is 2.93. The van der Waals surface area contributed by atoms with Gasteiger partial charge in [-0.05, 0) is 68.1 Å². The number of carbonyl (C=O) groups excluding carboxylic acids is 2. The summed E-state index contributed by atoms with van der Waals surface area (Å²) >= 11 is 0. The first kappa shape index (κ1) is 30.2. The summed E-state index contributed by atoms with van der Waals surface area (Å²) in [4.78, 5) is 31.9. The lowest BCUT2D eigenvalue weighted by Gasteiger charge is -2.30. The number of rotatable bonds is 10. The molecule has 1 atom stereocenters. The topological polar surface area (TPSA) is 89.5 Å². The van der Waals surface area contributed by atoms with Crippen molar-refractivity contribution in [3.05, 3.63) is 95.6 Å². The molecule has 212 valence electrons. The summed E-state index contributed by atoms with van der Waals surface area (Å²) < 4.78 is 16.5. The number of carbonyl (C=O) groups is 2. The summed E-state index contributed by atoms with van der Waals surface area (Å²) in [6, 6.07) is 24.5. The molecular weight excluding hydrogens is 506 g/mol. The Morgan fingerprint density at radius 3 is 2.05 bits per heavy atom. The molecule has 0 bridgehead atoms. The van der Waals surface area contributed by atoms with Crippen molar-refractivity contribution in [3.8, 4) is 11.5 Å². The molecule has 0 radical (unpaired) electrons. The monoisotopic (exact) mass is 545 g/mol. The van der Waals surface area contributed by atoms with E-state index in [0.29, 0.717) is 13.0 Å². The van der Waals surface area contributed by atoms with Crippen LogP contribution in [-0.4, -0.2) is 55.6 Å². The molecule has 0 saturated carbocycles. The molecule has 0 aliphatic carbocycles. The lowest BCUT2D eigenvalue weighted by molar-refractivity contribution is -0.122. The van der Waals surface area contributed by atoms with Crippen molar-refractivity contribution in [1.29, 1.82) is 0 Å².